The fourth-order valence-electron chi connectivity index (χ4n) is 2.46. The number of nitrogens with one attached hydrogen (secondary N) is 1. The molecule has 0 radical (unpaired) electrons. The van der Waals surface area contributed by atoms with E-state index >= 15 is 0 Å². The molecule has 1 aliphatic carbocycles. The van der Waals surface area contributed by atoms with Gasteiger partial charge in [-0.15, -0.1) is 0 Å². The maximum atomic E-state index is 5.99. The van der Waals surface area contributed by atoms with Gasteiger partial charge < -0.3 is 11.1 Å². The first-order valence-corrected chi connectivity index (χ1v) is 6.17. The molecule has 3 N–H and O–H groups in total. The van der Waals surface area contributed by atoms with Gasteiger partial charge in [0.15, 0.2) is 0 Å². The van der Waals surface area contributed by atoms with E-state index in [4.69, 9.17) is 5.73 Å². The molecule has 3 heteroatoms. The number of nitrogens with zero attached hydrogens (tertiary/aromatic N) is 1. The van der Waals surface area contributed by atoms with Gasteiger partial charge in [0.05, 0.1) is 0 Å². The fourth-order valence-corrected chi connectivity index (χ4v) is 2.46. The Morgan fingerprint density at radius 3 is 3.06 bits per heavy atom. The smallest absolute Gasteiger partial charge is 0.0315 e. The number of rotatable bonds is 3. The van der Waals surface area contributed by atoms with Crippen LogP contribution in [0.5, 0.6) is 0 Å². The SMILES string of the molecule is C[C@H](NC1CCCC(N)C1)c1cccnc1. The summed E-state index contributed by atoms with van der Waals surface area (Å²) in [6, 6.07) is 5.42. The summed E-state index contributed by atoms with van der Waals surface area (Å²) in [5, 5.41) is 3.65. The molecular weight excluding hydrogens is 198 g/mol. The van der Waals surface area contributed by atoms with Crippen LogP contribution in [-0.2, 0) is 0 Å². The van der Waals surface area contributed by atoms with E-state index in [9.17, 15) is 0 Å². The summed E-state index contributed by atoms with van der Waals surface area (Å²) in [7, 11) is 0. The molecule has 16 heavy (non-hydrogen) atoms. The van der Waals surface area contributed by atoms with Crippen molar-refractivity contribution in [2.75, 3.05) is 0 Å². The van der Waals surface area contributed by atoms with Crippen LogP contribution < -0.4 is 11.1 Å². The zero-order valence-electron chi connectivity index (χ0n) is 9.89. The second kappa shape index (κ2) is 5.41. The summed E-state index contributed by atoms with van der Waals surface area (Å²) in [5.74, 6) is 0. The lowest BCUT2D eigenvalue weighted by atomic mass is 9.91. The zero-order valence-corrected chi connectivity index (χ0v) is 9.89. The van der Waals surface area contributed by atoms with Gasteiger partial charge in [-0.3, -0.25) is 4.98 Å². The molecule has 3 nitrogen and oxygen atoms in total. The first-order valence-electron chi connectivity index (χ1n) is 6.17. The molecule has 2 unspecified atom stereocenters. The van der Waals surface area contributed by atoms with Gasteiger partial charge in [-0.2, -0.15) is 0 Å². The van der Waals surface area contributed by atoms with Crippen LogP contribution in [0.25, 0.3) is 0 Å². The maximum Gasteiger partial charge on any atom is 0.0315 e. The topological polar surface area (TPSA) is 50.9 Å². The number of aromatic nitrogens is 1. The van der Waals surface area contributed by atoms with Crippen molar-refractivity contribution in [2.45, 2.75) is 50.7 Å². The van der Waals surface area contributed by atoms with E-state index in [1.54, 1.807) is 0 Å². The Labute approximate surface area is 97.5 Å². The van der Waals surface area contributed by atoms with E-state index < -0.39 is 0 Å². The summed E-state index contributed by atoms with van der Waals surface area (Å²) < 4.78 is 0. The van der Waals surface area contributed by atoms with Crippen LogP contribution in [0.2, 0.25) is 0 Å². The highest BCUT2D eigenvalue weighted by atomic mass is 15.0. The van der Waals surface area contributed by atoms with Gasteiger partial charge in [0.1, 0.15) is 0 Å². The summed E-state index contributed by atoms with van der Waals surface area (Å²) in [6.07, 6.45) is 8.52. The van der Waals surface area contributed by atoms with Crippen LogP contribution in [0.3, 0.4) is 0 Å². The van der Waals surface area contributed by atoms with Crippen LogP contribution in [0.1, 0.15) is 44.2 Å². The van der Waals surface area contributed by atoms with Gasteiger partial charge >= 0.3 is 0 Å². The van der Waals surface area contributed by atoms with Crippen molar-refractivity contribution in [2.24, 2.45) is 5.73 Å². The Morgan fingerprint density at radius 2 is 2.38 bits per heavy atom. The minimum absolute atomic E-state index is 0.365. The largest absolute Gasteiger partial charge is 0.328 e. The van der Waals surface area contributed by atoms with E-state index in [1.165, 1.54) is 24.8 Å². The summed E-state index contributed by atoms with van der Waals surface area (Å²) in [5.41, 5.74) is 7.24. The molecule has 0 aliphatic heterocycles. The second-order valence-corrected chi connectivity index (χ2v) is 4.80. The van der Waals surface area contributed by atoms with E-state index in [1.807, 2.05) is 18.5 Å². The van der Waals surface area contributed by atoms with Gasteiger partial charge in [-0.1, -0.05) is 12.5 Å². The molecule has 1 saturated carbocycles. The summed E-state index contributed by atoms with van der Waals surface area (Å²) in [6.45, 7) is 2.19. The predicted octanol–water partition coefficient (Wildman–Crippen LogP) is 2.00. The highest BCUT2D eigenvalue weighted by Crippen LogP contribution is 2.20. The average molecular weight is 219 g/mol. The number of hydrogen-bond donors (Lipinski definition) is 2. The van der Waals surface area contributed by atoms with Crippen LogP contribution in [-0.4, -0.2) is 17.1 Å². The summed E-state index contributed by atoms with van der Waals surface area (Å²) >= 11 is 0. The van der Waals surface area contributed by atoms with Crippen molar-refractivity contribution >= 4 is 0 Å². The van der Waals surface area contributed by atoms with E-state index in [0.29, 0.717) is 18.1 Å². The second-order valence-electron chi connectivity index (χ2n) is 4.80. The molecule has 0 aromatic carbocycles. The normalized spacial score (nSPS) is 27.6. The molecule has 0 spiro atoms. The maximum absolute atomic E-state index is 5.99. The minimum Gasteiger partial charge on any atom is -0.328 e. The molecule has 0 amide bonds. The molecule has 0 saturated heterocycles. The number of hydrogen-bond acceptors (Lipinski definition) is 3. The molecule has 3 atom stereocenters. The molecule has 88 valence electrons. The molecule has 1 heterocycles. The molecule has 2 rings (SSSR count). The highest BCUT2D eigenvalue weighted by Gasteiger charge is 2.20. The number of pyridine rings is 1. The average Bonchev–Trinajstić information content (AvgIpc) is 2.30. The van der Waals surface area contributed by atoms with E-state index in [0.717, 1.165) is 6.42 Å². The number of nitrogens with two attached hydrogens (primary N) is 1. The zero-order chi connectivity index (χ0) is 11.4. The fraction of sp³-hybridized carbons (Fsp3) is 0.615. The molecule has 1 aromatic heterocycles. The monoisotopic (exact) mass is 219 g/mol. The Hall–Kier alpha value is -0.930. The molecule has 0 bridgehead atoms. The van der Waals surface area contributed by atoms with Gasteiger partial charge in [-0.05, 0) is 37.8 Å². The third kappa shape index (κ3) is 3.03. The van der Waals surface area contributed by atoms with Gasteiger partial charge in [0.2, 0.25) is 0 Å². The van der Waals surface area contributed by atoms with E-state index in [2.05, 4.69) is 23.3 Å². The minimum atomic E-state index is 0.365. The molecule has 1 aromatic rings. The van der Waals surface area contributed by atoms with Crippen LogP contribution >= 0.6 is 0 Å². The third-order valence-corrected chi connectivity index (χ3v) is 3.38. The first kappa shape index (κ1) is 11.6. The highest BCUT2D eigenvalue weighted by molar-refractivity contribution is 5.13. The third-order valence-electron chi connectivity index (χ3n) is 3.38. The first-order chi connectivity index (χ1) is 7.75. The lowest BCUT2D eigenvalue weighted by Crippen LogP contribution is -2.40. The van der Waals surface area contributed by atoms with Crippen molar-refractivity contribution in [3.05, 3.63) is 30.1 Å². The molecule has 1 aliphatic rings. The Balaban J connectivity index is 1.89. The lowest BCUT2D eigenvalue weighted by Gasteiger charge is -2.30. The standard InChI is InChI=1S/C13H21N3/c1-10(11-4-3-7-15-9-11)16-13-6-2-5-12(14)8-13/h3-4,7,9-10,12-13,16H,2,5-6,8,14H2,1H3/t10-,12?,13?/m0/s1. The van der Waals surface area contributed by atoms with Crippen molar-refractivity contribution in [1.29, 1.82) is 0 Å². The van der Waals surface area contributed by atoms with Crippen molar-refractivity contribution in [3.8, 4) is 0 Å². The Bertz CT molecular complexity index is 312. The molecule has 1 fully saturated rings. The Morgan fingerprint density at radius 1 is 1.50 bits per heavy atom. The predicted molar refractivity (Wildman–Crippen MR) is 66.0 cm³/mol. The molecular formula is C13H21N3. The van der Waals surface area contributed by atoms with Crippen LogP contribution in [0.15, 0.2) is 24.5 Å². The van der Waals surface area contributed by atoms with Crippen molar-refractivity contribution in [3.63, 3.8) is 0 Å². The van der Waals surface area contributed by atoms with Gasteiger partial charge in [0.25, 0.3) is 0 Å². The van der Waals surface area contributed by atoms with E-state index in [-0.39, 0.29) is 0 Å². The van der Waals surface area contributed by atoms with Crippen LogP contribution in [0.4, 0.5) is 0 Å². The van der Waals surface area contributed by atoms with Crippen LogP contribution in [0, 0.1) is 0 Å². The lowest BCUT2D eigenvalue weighted by molar-refractivity contribution is 0.318. The van der Waals surface area contributed by atoms with Crippen molar-refractivity contribution < 1.29 is 0 Å². The van der Waals surface area contributed by atoms with Gasteiger partial charge in [0, 0.05) is 30.5 Å². The van der Waals surface area contributed by atoms with Crippen molar-refractivity contribution in [1.82, 2.24) is 10.3 Å². The Kier molecular flexibility index (Phi) is 3.91. The van der Waals surface area contributed by atoms with Gasteiger partial charge in [-0.25, -0.2) is 0 Å². The quantitative estimate of drug-likeness (QED) is 0.817. The summed E-state index contributed by atoms with van der Waals surface area (Å²) in [4.78, 5) is 4.15.